The number of H-pyrrole nitrogens is 1. The molecule has 2 rings (SSSR count). The van der Waals surface area contributed by atoms with Gasteiger partial charge in [0, 0.05) is 5.56 Å². The highest BCUT2D eigenvalue weighted by Gasteiger charge is 2.09. The fraction of sp³-hybridized carbons (Fsp3) is 0.357. The lowest BCUT2D eigenvalue weighted by molar-refractivity contribution is -0.139. The van der Waals surface area contributed by atoms with Crippen LogP contribution >= 0.6 is 11.8 Å². The largest absolute Gasteiger partial charge is 0.494 e. The SMILES string of the molecule is CCOC(=O)CSc1n[nH]c(-c2ccc(OCC)cc2)n1. The average Bonchev–Trinajstić information content (AvgIpc) is 2.95. The molecule has 1 aromatic carbocycles. The highest BCUT2D eigenvalue weighted by Crippen LogP contribution is 2.21. The number of rotatable bonds is 7. The Labute approximate surface area is 127 Å². The summed E-state index contributed by atoms with van der Waals surface area (Å²) in [5.74, 6) is 1.41. The molecule has 2 aromatic rings. The normalized spacial score (nSPS) is 10.4. The molecule has 112 valence electrons. The Morgan fingerprint density at radius 2 is 2.00 bits per heavy atom. The third-order valence-electron chi connectivity index (χ3n) is 2.53. The van der Waals surface area contributed by atoms with Crippen LogP contribution in [0.5, 0.6) is 5.75 Å². The van der Waals surface area contributed by atoms with Crippen LogP contribution in [0.2, 0.25) is 0 Å². The van der Waals surface area contributed by atoms with Crippen molar-refractivity contribution < 1.29 is 14.3 Å². The van der Waals surface area contributed by atoms with Gasteiger partial charge in [-0.25, -0.2) is 4.98 Å². The number of hydrogen-bond acceptors (Lipinski definition) is 6. The molecule has 0 radical (unpaired) electrons. The van der Waals surface area contributed by atoms with Crippen LogP contribution in [0.25, 0.3) is 11.4 Å². The number of nitrogens with one attached hydrogen (secondary N) is 1. The first kappa shape index (κ1) is 15.4. The molecule has 0 saturated heterocycles. The number of ether oxygens (including phenoxy) is 2. The van der Waals surface area contributed by atoms with E-state index in [0.29, 0.717) is 24.2 Å². The zero-order valence-electron chi connectivity index (χ0n) is 12.0. The lowest BCUT2D eigenvalue weighted by Crippen LogP contribution is -2.06. The van der Waals surface area contributed by atoms with Gasteiger partial charge in [-0.1, -0.05) is 11.8 Å². The molecule has 21 heavy (non-hydrogen) atoms. The zero-order valence-corrected chi connectivity index (χ0v) is 12.8. The fourth-order valence-electron chi connectivity index (χ4n) is 1.64. The van der Waals surface area contributed by atoms with Crippen LogP contribution in [0.1, 0.15) is 13.8 Å². The number of thioether (sulfide) groups is 1. The van der Waals surface area contributed by atoms with Gasteiger partial charge in [0.2, 0.25) is 5.16 Å². The van der Waals surface area contributed by atoms with Gasteiger partial charge in [-0.05, 0) is 38.1 Å². The van der Waals surface area contributed by atoms with Crippen LogP contribution in [0.4, 0.5) is 0 Å². The molecule has 0 fully saturated rings. The summed E-state index contributed by atoms with van der Waals surface area (Å²) >= 11 is 1.24. The smallest absolute Gasteiger partial charge is 0.316 e. The summed E-state index contributed by atoms with van der Waals surface area (Å²) in [6.45, 7) is 4.73. The van der Waals surface area contributed by atoms with Gasteiger partial charge in [-0.2, -0.15) is 0 Å². The molecular formula is C14H17N3O3S. The second-order valence-corrected chi connectivity index (χ2v) is 4.96. The summed E-state index contributed by atoms with van der Waals surface area (Å²) < 4.78 is 10.2. The van der Waals surface area contributed by atoms with Crippen molar-refractivity contribution in [1.29, 1.82) is 0 Å². The van der Waals surface area contributed by atoms with E-state index in [9.17, 15) is 4.79 Å². The molecule has 0 bridgehead atoms. The summed E-state index contributed by atoms with van der Waals surface area (Å²) in [7, 11) is 0. The Kier molecular flexibility index (Phi) is 5.62. The summed E-state index contributed by atoms with van der Waals surface area (Å²) in [6.07, 6.45) is 0. The molecule has 0 spiro atoms. The second-order valence-electron chi connectivity index (χ2n) is 4.02. The van der Waals surface area contributed by atoms with Gasteiger partial charge in [-0.15, -0.1) is 5.10 Å². The monoisotopic (exact) mass is 307 g/mol. The van der Waals surface area contributed by atoms with Crippen LogP contribution in [0.3, 0.4) is 0 Å². The number of hydrogen-bond donors (Lipinski definition) is 1. The molecule has 7 heteroatoms. The minimum Gasteiger partial charge on any atom is -0.494 e. The van der Waals surface area contributed by atoms with Crippen LogP contribution in [-0.2, 0) is 9.53 Å². The van der Waals surface area contributed by atoms with Gasteiger partial charge in [-0.3, -0.25) is 9.89 Å². The van der Waals surface area contributed by atoms with Crippen molar-refractivity contribution in [3.63, 3.8) is 0 Å². The van der Waals surface area contributed by atoms with Crippen molar-refractivity contribution in [2.45, 2.75) is 19.0 Å². The molecular weight excluding hydrogens is 290 g/mol. The summed E-state index contributed by atoms with van der Waals surface area (Å²) in [4.78, 5) is 15.6. The van der Waals surface area contributed by atoms with Crippen molar-refractivity contribution in [2.75, 3.05) is 19.0 Å². The highest BCUT2D eigenvalue weighted by molar-refractivity contribution is 7.99. The maximum atomic E-state index is 11.3. The number of aromatic amines is 1. The summed E-state index contributed by atoms with van der Waals surface area (Å²) in [6, 6.07) is 7.58. The van der Waals surface area contributed by atoms with Gasteiger partial charge in [0.15, 0.2) is 5.82 Å². The standard InChI is InChI=1S/C14H17N3O3S/c1-3-19-11-7-5-10(6-8-11)13-15-14(17-16-13)21-9-12(18)20-4-2/h5-8H,3-4,9H2,1-2H3,(H,15,16,17). The van der Waals surface area contributed by atoms with Crippen molar-refractivity contribution in [1.82, 2.24) is 15.2 Å². The van der Waals surface area contributed by atoms with E-state index in [1.807, 2.05) is 31.2 Å². The summed E-state index contributed by atoms with van der Waals surface area (Å²) in [5.41, 5.74) is 0.911. The van der Waals surface area contributed by atoms with E-state index in [1.54, 1.807) is 6.92 Å². The Morgan fingerprint density at radius 3 is 2.67 bits per heavy atom. The Bertz CT molecular complexity index is 583. The van der Waals surface area contributed by atoms with E-state index < -0.39 is 0 Å². The molecule has 0 aliphatic carbocycles. The lowest BCUT2D eigenvalue weighted by Gasteiger charge is -2.02. The molecule has 0 aliphatic rings. The van der Waals surface area contributed by atoms with Gasteiger partial charge in [0.25, 0.3) is 0 Å². The number of aromatic nitrogens is 3. The van der Waals surface area contributed by atoms with Gasteiger partial charge in [0.05, 0.1) is 19.0 Å². The first-order valence-electron chi connectivity index (χ1n) is 6.67. The predicted molar refractivity (Wildman–Crippen MR) is 80.3 cm³/mol. The van der Waals surface area contributed by atoms with Crippen molar-refractivity contribution in [2.24, 2.45) is 0 Å². The predicted octanol–water partition coefficient (Wildman–Crippen LogP) is 2.53. The maximum Gasteiger partial charge on any atom is 0.316 e. The third kappa shape index (κ3) is 4.49. The van der Waals surface area contributed by atoms with Gasteiger partial charge in [0.1, 0.15) is 5.75 Å². The van der Waals surface area contributed by atoms with Crippen LogP contribution in [0.15, 0.2) is 29.4 Å². The van der Waals surface area contributed by atoms with Gasteiger partial charge < -0.3 is 9.47 Å². The number of nitrogens with zero attached hydrogens (tertiary/aromatic N) is 2. The Balaban J connectivity index is 1.97. The molecule has 0 aliphatic heterocycles. The molecule has 0 unspecified atom stereocenters. The lowest BCUT2D eigenvalue weighted by atomic mass is 10.2. The molecule has 0 amide bonds. The van der Waals surface area contributed by atoms with Crippen LogP contribution in [-0.4, -0.2) is 40.1 Å². The van der Waals surface area contributed by atoms with Crippen LogP contribution in [0, 0.1) is 0 Å². The van der Waals surface area contributed by atoms with E-state index in [4.69, 9.17) is 9.47 Å². The molecule has 0 atom stereocenters. The number of esters is 1. The molecule has 1 heterocycles. The highest BCUT2D eigenvalue weighted by atomic mass is 32.2. The quantitative estimate of drug-likeness (QED) is 0.625. The molecule has 1 N–H and O–H groups in total. The van der Waals surface area contributed by atoms with E-state index >= 15 is 0 Å². The first-order chi connectivity index (χ1) is 10.2. The second kappa shape index (κ2) is 7.68. The fourth-order valence-corrected chi connectivity index (χ4v) is 2.24. The van der Waals surface area contributed by atoms with E-state index in [0.717, 1.165) is 11.3 Å². The number of benzene rings is 1. The summed E-state index contributed by atoms with van der Waals surface area (Å²) in [5, 5.41) is 7.45. The van der Waals surface area contributed by atoms with Gasteiger partial charge >= 0.3 is 5.97 Å². The first-order valence-corrected chi connectivity index (χ1v) is 7.65. The average molecular weight is 307 g/mol. The van der Waals surface area contributed by atoms with E-state index in [-0.39, 0.29) is 11.7 Å². The number of carbonyl (C=O) groups excluding carboxylic acids is 1. The number of carbonyl (C=O) groups is 1. The van der Waals surface area contributed by atoms with Crippen molar-refractivity contribution >= 4 is 17.7 Å². The molecule has 1 aromatic heterocycles. The Morgan fingerprint density at radius 1 is 1.24 bits per heavy atom. The molecule has 6 nitrogen and oxygen atoms in total. The maximum absolute atomic E-state index is 11.3. The topological polar surface area (TPSA) is 77.1 Å². The minimum atomic E-state index is -0.269. The van der Waals surface area contributed by atoms with Crippen molar-refractivity contribution in [3.8, 4) is 17.1 Å². The minimum absolute atomic E-state index is 0.203. The molecule has 0 saturated carbocycles. The zero-order chi connectivity index (χ0) is 15.1. The third-order valence-corrected chi connectivity index (χ3v) is 3.35. The van der Waals surface area contributed by atoms with E-state index in [2.05, 4.69) is 15.2 Å². The van der Waals surface area contributed by atoms with Crippen LogP contribution < -0.4 is 4.74 Å². The Hall–Kier alpha value is -2.02. The van der Waals surface area contributed by atoms with Crippen molar-refractivity contribution in [3.05, 3.63) is 24.3 Å². The van der Waals surface area contributed by atoms with E-state index in [1.165, 1.54) is 11.8 Å².